The minimum Gasteiger partial charge on any atom is -0.468 e. The van der Waals surface area contributed by atoms with Crippen LogP contribution in [0.2, 0.25) is 0 Å². The van der Waals surface area contributed by atoms with Gasteiger partial charge in [0.05, 0.1) is 23.9 Å². The first-order valence-electron chi connectivity index (χ1n) is 6.52. The smallest absolute Gasteiger partial charge is 0.317 e. The average molecular weight is 304 g/mol. The van der Waals surface area contributed by atoms with Crippen LogP contribution in [-0.4, -0.2) is 41.8 Å². The fourth-order valence-electron chi connectivity index (χ4n) is 3.37. The molecule has 1 saturated carbocycles. The van der Waals surface area contributed by atoms with E-state index < -0.39 is 40.0 Å². The second kappa shape index (κ2) is 4.36. The molecule has 0 aromatic heterocycles. The van der Waals surface area contributed by atoms with Crippen molar-refractivity contribution in [3.8, 4) is 0 Å². The largest absolute Gasteiger partial charge is 0.468 e. The first-order valence-corrected chi connectivity index (χ1v) is 6.52. The minimum absolute atomic E-state index is 0.209. The molecule has 2 aliphatic rings. The Morgan fingerprint density at radius 2 is 1.91 bits per heavy atom. The molecule has 0 spiro atoms. The lowest BCUT2D eigenvalue weighted by molar-refractivity contribution is -0.384. The lowest BCUT2D eigenvalue weighted by Gasteiger charge is -2.21. The van der Waals surface area contributed by atoms with E-state index in [2.05, 4.69) is 0 Å². The van der Waals surface area contributed by atoms with Crippen LogP contribution in [0.25, 0.3) is 0 Å². The Kier molecular flexibility index (Phi) is 2.81. The number of fused-ring (bicyclic) bond motifs is 1. The topological polar surface area (TPSA) is 107 Å². The van der Waals surface area contributed by atoms with E-state index in [1.165, 1.54) is 31.3 Å². The number of benzene rings is 1. The van der Waals surface area contributed by atoms with Gasteiger partial charge in [-0.2, -0.15) is 0 Å². The molecule has 8 heteroatoms. The van der Waals surface area contributed by atoms with Gasteiger partial charge in [-0.05, 0) is 5.56 Å². The van der Waals surface area contributed by atoms with Gasteiger partial charge in [0.1, 0.15) is 5.41 Å². The molecule has 8 nitrogen and oxygen atoms in total. The number of esters is 1. The summed E-state index contributed by atoms with van der Waals surface area (Å²) in [6.07, 6.45) is 0. The molecule has 0 N–H and O–H groups in total. The summed E-state index contributed by atoms with van der Waals surface area (Å²) in [5, 5.41) is 10.9. The Bertz CT molecular complexity index is 706. The number of hydrogen-bond donors (Lipinski definition) is 0. The van der Waals surface area contributed by atoms with E-state index in [9.17, 15) is 24.5 Å². The standard InChI is InChI=1S/C14H12N2O6/c1-15-11(17)9-10(12(15)18)14(9,13(19)22-2)7-4-3-5-8(6-7)16(20)21/h3-6,9-10H,1-2H3. The molecule has 114 valence electrons. The number of nitro benzene ring substituents is 1. The third-order valence-corrected chi connectivity index (χ3v) is 4.46. The fourth-order valence-corrected chi connectivity index (χ4v) is 3.37. The van der Waals surface area contributed by atoms with Crippen LogP contribution in [0, 0.1) is 22.0 Å². The zero-order valence-corrected chi connectivity index (χ0v) is 11.8. The van der Waals surface area contributed by atoms with Crippen molar-refractivity contribution in [3.63, 3.8) is 0 Å². The highest BCUT2D eigenvalue weighted by molar-refractivity contribution is 6.17. The minimum atomic E-state index is -1.44. The first kappa shape index (κ1) is 14.2. The number of ether oxygens (including phenoxy) is 1. The van der Waals surface area contributed by atoms with Gasteiger partial charge >= 0.3 is 5.97 Å². The van der Waals surface area contributed by atoms with Crippen molar-refractivity contribution in [2.24, 2.45) is 11.8 Å². The summed E-state index contributed by atoms with van der Waals surface area (Å²) in [4.78, 5) is 47.9. The highest BCUT2D eigenvalue weighted by atomic mass is 16.6. The van der Waals surface area contributed by atoms with Crippen molar-refractivity contribution < 1.29 is 24.0 Å². The van der Waals surface area contributed by atoms with E-state index in [0.29, 0.717) is 0 Å². The highest BCUT2D eigenvalue weighted by Crippen LogP contribution is 2.65. The lowest BCUT2D eigenvalue weighted by atomic mass is 9.89. The molecular weight excluding hydrogens is 292 g/mol. The van der Waals surface area contributed by atoms with Crippen LogP contribution in [0.1, 0.15) is 5.56 Å². The molecular formula is C14H12N2O6. The Morgan fingerprint density at radius 1 is 1.32 bits per heavy atom. The van der Waals surface area contributed by atoms with Gasteiger partial charge in [-0.25, -0.2) is 0 Å². The van der Waals surface area contributed by atoms with Crippen molar-refractivity contribution in [3.05, 3.63) is 39.9 Å². The maximum Gasteiger partial charge on any atom is 0.317 e. The molecule has 3 rings (SSSR count). The summed E-state index contributed by atoms with van der Waals surface area (Å²) < 4.78 is 4.77. The Labute approximate surface area is 124 Å². The molecule has 1 heterocycles. The van der Waals surface area contributed by atoms with E-state index in [4.69, 9.17) is 4.74 Å². The third kappa shape index (κ3) is 1.49. The van der Waals surface area contributed by atoms with E-state index in [0.717, 1.165) is 12.0 Å². The van der Waals surface area contributed by atoms with Gasteiger partial charge in [-0.15, -0.1) is 0 Å². The van der Waals surface area contributed by atoms with Crippen LogP contribution < -0.4 is 0 Å². The van der Waals surface area contributed by atoms with Gasteiger partial charge in [0.15, 0.2) is 0 Å². The molecule has 2 amide bonds. The van der Waals surface area contributed by atoms with Gasteiger partial charge in [0.2, 0.25) is 11.8 Å². The number of methoxy groups -OCH3 is 1. The van der Waals surface area contributed by atoms with Crippen LogP contribution in [0.4, 0.5) is 5.69 Å². The Balaban J connectivity index is 2.14. The van der Waals surface area contributed by atoms with Crippen molar-refractivity contribution in [1.29, 1.82) is 0 Å². The lowest BCUT2D eigenvalue weighted by Crippen LogP contribution is -2.40. The normalized spacial score (nSPS) is 29.3. The number of rotatable bonds is 3. The van der Waals surface area contributed by atoms with Crippen molar-refractivity contribution in [2.45, 2.75) is 5.41 Å². The van der Waals surface area contributed by atoms with Gasteiger partial charge < -0.3 is 4.74 Å². The van der Waals surface area contributed by atoms with E-state index in [-0.39, 0.29) is 11.3 Å². The number of amides is 2. The number of piperidine rings is 1. The first-order chi connectivity index (χ1) is 10.4. The molecule has 1 aromatic carbocycles. The van der Waals surface area contributed by atoms with E-state index in [1.807, 2.05) is 0 Å². The van der Waals surface area contributed by atoms with Crippen molar-refractivity contribution >= 4 is 23.5 Å². The monoisotopic (exact) mass is 304 g/mol. The predicted octanol–water partition coefficient (Wildman–Crippen LogP) is 0.250. The van der Waals surface area contributed by atoms with Gasteiger partial charge in [0.25, 0.3) is 5.69 Å². The Morgan fingerprint density at radius 3 is 2.41 bits per heavy atom. The molecule has 22 heavy (non-hydrogen) atoms. The number of hydrogen-bond acceptors (Lipinski definition) is 6. The number of nitrogens with zero attached hydrogens (tertiary/aromatic N) is 2. The highest BCUT2D eigenvalue weighted by Gasteiger charge is 2.82. The third-order valence-electron chi connectivity index (χ3n) is 4.46. The van der Waals surface area contributed by atoms with Crippen LogP contribution in [0.15, 0.2) is 24.3 Å². The summed E-state index contributed by atoms with van der Waals surface area (Å²) in [6, 6.07) is 5.42. The quantitative estimate of drug-likeness (QED) is 0.343. The van der Waals surface area contributed by atoms with Crippen LogP contribution in [-0.2, 0) is 24.5 Å². The summed E-state index contributed by atoms with van der Waals surface area (Å²) in [6.45, 7) is 0. The molecule has 1 saturated heterocycles. The number of non-ortho nitro benzene ring substituents is 1. The van der Waals surface area contributed by atoms with Crippen LogP contribution in [0.5, 0.6) is 0 Å². The maximum atomic E-state index is 12.3. The Hall–Kier alpha value is -2.77. The van der Waals surface area contributed by atoms with Crippen LogP contribution in [0.3, 0.4) is 0 Å². The number of imide groups is 1. The van der Waals surface area contributed by atoms with E-state index >= 15 is 0 Å². The van der Waals surface area contributed by atoms with Gasteiger partial charge in [-0.3, -0.25) is 29.4 Å². The molecule has 2 atom stereocenters. The average Bonchev–Trinajstić information content (AvgIpc) is 3.16. The number of carbonyl (C=O) groups excluding carboxylic acids is 3. The fraction of sp³-hybridized carbons (Fsp3) is 0.357. The zero-order valence-electron chi connectivity index (χ0n) is 11.8. The summed E-state index contributed by atoms with van der Waals surface area (Å²) >= 11 is 0. The van der Waals surface area contributed by atoms with Gasteiger partial charge in [0, 0.05) is 19.2 Å². The summed E-state index contributed by atoms with van der Waals surface area (Å²) in [7, 11) is 2.51. The number of nitro groups is 1. The maximum absolute atomic E-state index is 12.3. The second-order valence-electron chi connectivity index (χ2n) is 5.36. The number of likely N-dealkylation sites (tertiary alicyclic amines) is 1. The summed E-state index contributed by atoms with van der Waals surface area (Å²) in [5.41, 5.74) is -1.39. The van der Waals surface area contributed by atoms with Gasteiger partial charge in [-0.1, -0.05) is 12.1 Å². The van der Waals surface area contributed by atoms with E-state index in [1.54, 1.807) is 0 Å². The summed E-state index contributed by atoms with van der Waals surface area (Å²) in [5.74, 6) is -3.35. The molecule has 2 fully saturated rings. The predicted molar refractivity (Wildman–Crippen MR) is 71.5 cm³/mol. The molecule has 2 unspecified atom stereocenters. The van der Waals surface area contributed by atoms with Crippen LogP contribution >= 0.6 is 0 Å². The molecule has 1 aliphatic heterocycles. The zero-order chi connectivity index (χ0) is 16.2. The number of carbonyl (C=O) groups is 3. The second-order valence-corrected chi connectivity index (χ2v) is 5.36. The molecule has 1 aliphatic carbocycles. The van der Waals surface area contributed by atoms with Crippen molar-refractivity contribution in [1.82, 2.24) is 4.90 Å². The molecule has 0 radical (unpaired) electrons. The molecule has 0 bridgehead atoms. The molecule has 1 aromatic rings. The SMILES string of the molecule is COC(=O)C1(c2cccc([N+](=O)[O-])c2)C2C(=O)N(C)C(=O)C21. The van der Waals surface area contributed by atoms with Crippen molar-refractivity contribution in [2.75, 3.05) is 14.2 Å².